The largest absolute Gasteiger partial charge is 0.494 e. The molecule has 3 aromatic carbocycles. The Balaban J connectivity index is 1.71. The molecule has 1 unspecified atom stereocenters. The highest BCUT2D eigenvalue weighted by Gasteiger charge is 2.38. The van der Waals surface area contributed by atoms with Gasteiger partial charge >= 0.3 is 0 Å². The van der Waals surface area contributed by atoms with Crippen LogP contribution >= 0.6 is 0 Å². The van der Waals surface area contributed by atoms with Crippen LogP contribution in [0.5, 0.6) is 11.5 Å². The van der Waals surface area contributed by atoms with Gasteiger partial charge in [-0.3, -0.25) is 19.3 Å². The Morgan fingerprint density at radius 2 is 1.74 bits per heavy atom. The number of benzene rings is 3. The van der Waals surface area contributed by atoms with Crippen molar-refractivity contribution in [1.82, 2.24) is 4.90 Å². The molecule has 0 bridgehead atoms. The lowest BCUT2D eigenvalue weighted by molar-refractivity contribution is -0.135. The number of rotatable bonds is 5. The van der Waals surface area contributed by atoms with Gasteiger partial charge in [-0.05, 0) is 30.3 Å². The summed E-state index contributed by atoms with van der Waals surface area (Å²) in [4.78, 5) is 40.1. The molecule has 0 aliphatic carbocycles. The van der Waals surface area contributed by atoms with Gasteiger partial charge in [0.1, 0.15) is 5.75 Å². The van der Waals surface area contributed by atoms with Crippen molar-refractivity contribution < 1.29 is 28.2 Å². The highest BCUT2D eigenvalue weighted by Crippen LogP contribution is 2.32. The second kappa shape index (κ2) is 8.39. The number of hydrogen-bond acceptors (Lipinski definition) is 5. The smallest absolute Gasteiger partial charge is 0.275 e. The second-order valence-corrected chi connectivity index (χ2v) is 6.91. The molecule has 0 spiro atoms. The maximum atomic E-state index is 14.0. The summed E-state index contributed by atoms with van der Waals surface area (Å²) in [6.07, 6.45) is -1.10. The SMILES string of the molecule is COc1ccc(C(=O)CN2C(=O)c3ccccc3OC(c3ccccc3)C2=O)cc1F. The van der Waals surface area contributed by atoms with Crippen LogP contribution in [-0.4, -0.2) is 36.2 Å². The summed E-state index contributed by atoms with van der Waals surface area (Å²) in [6, 6.07) is 18.9. The third-order valence-corrected chi connectivity index (χ3v) is 4.98. The van der Waals surface area contributed by atoms with Gasteiger partial charge in [0.05, 0.1) is 19.2 Å². The molecule has 1 atom stereocenters. The van der Waals surface area contributed by atoms with Crippen LogP contribution < -0.4 is 9.47 Å². The van der Waals surface area contributed by atoms with E-state index >= 15 is 0 Å². The Morgan fingerprint density at radius 1 is 1.03 bits per heavy atom. The molecule has 1 aliphatic rings. The third kappa shape index (κ3) is 3.90. The lowest BCUT2D eigenvalue weighted by Crippen LogP contribution is -2.42. The zero-order valence-corrected chi connectivity index (χ0v) is 16.6. The zero-order chi connectivity index (χ0) is 22.0. The lowest BCUT2D eigenvalue weighted by Gasteiger charge is -2.22. The lowest BCUT2D eigenvalue weighted by atomic mass is 10.1. The van der Waals surface area contributed by atoms with Crippen LogP contribution in [0.2, 0.25) is 0 Å². The predicted octanol–water partition coefficient (Wildman–Crippen LogP) is 3.82. The monoisotopic (exact) mass is 419 g/mol. The van der Waals surface area contributed by atoms with Crippen molar-refractivity contribution in [2.75, 3.05) is 13.7 Å². The van der Waals surface area contributed by atoms with E-state index < -0.39 is 36.1 Å². The first-order chi connectivity index (χ1) is 15.0. The Bertz CT molecular complexity index is 1160. The van der Waals surface area contributed by atoms with Crippen molar-refractivity contribution in [1.29, 1.82) is 0 Å². The normalized spacial score (nSPS) is 15.7. The Labute approximate surface area is 177 Å². The van der Waals surface area contributed by atoms with E-state index in [0.717, 1.165) is 11.0 Å². The molecule has 2 amide bonds. The number of halogens is 1. The fraction of sp³-hybridized carbons (Fsp3) is 0.125. The van der Waals surface area contributed by atoms with Gasteiger partial charge in [0.25, 0.3) is 11.8 Å². The average Bonchev–Trinajstić information content (AvgIpc) is 2.90. The van der Waals surface area contributed by atoms with E-state index in [-0.39, 0.29) is 22.6 Å². The zero-order valence-electron chi connectivity index (χ0n) is 16.6. The molecule has 4 rings (SSSR count). The molecule has 6 nitrogen and oxygen atoms in total. The molecule has 1 aliphatic heterocycles. The number of imide groups is 1. The van der Waals surface area contributed by atoms with Crippen LogP contribution in [0, 0.1) is 5.82 Å². The molecule has 0 saturated carbocycles. The van der Waals surface area contributed by atoms with E-state index in [4.69, 9.17) is 9.47 Å². The van der Waals surface area contributed by atoms with Crippen LogP contribution in [0.1, 0.15) is 32.4 Å². The van der Waals surface area contributed by atoms with E-state index in [1.807, 2.05) is 0 Å². The topological polar surface area (TPSA) is 72.9 Å². The van der Waals surface area contributed by atoms with Gasteiger partial charge in [0, 0.05) is 11.1 Å². The number of carbonyl (C=O) groups is 3. The number of amides is 2. The summed E-state index contributed by atoms with van der Waals surface area (Å²) in [7, 11) is 1.32. The van der Waals surface area contributed by atoms with Crippen molar-refractivity contribution >= 4 is 17.6 Å². The first-order valence-electron chi connectivity index (χ1n) is 9.52. The number of Topliss-reactive ketones (excluding diaryl/α,β-unsaturated/α-hetero) is 1. The molecule has 0 aromatic heterocycles. The van der Waals surface area contributed by atoms with Gasteiger partial charge < -0.3 is 9.47 Å². The standard InChI is InChI=1S/C24H18FNO5/c1-30-21-12-11-16(13-18(21)25)19(27)14-26-23(28)17-9-5-6-10-20(17)31-22(24(26)29)15-7-3-2-4-8-15/h2-13,22H,14H2,1H3. The minimum atomic E-state index is -1.10. The number of carbonyl (C=O) groups excluding carboxylic acids is 3. The van der Waals surface area contributed by atoms with Crippen LogP contribution in [0.15, 0.2) is 72.8 Å². The molecule has 0 fully saturated rings. The highest BCUT2D eigenvalue weighted by atomic mass is 19.1. The molecule has 0 N–H and O–H groups in total. The molecular formula is C24H18FNO5. The maximum Gasteiger partial charge on any atom is 0.275 e. The Hall–Kier alpha value is -4.00. The summed E-state index contributed by atoms with van der Waals surface area (Å²) < 4.78 is 24.8. The number of ketones is 1. The fourth-order valence-electron chi connectivity index (χ4n) is 3.37. The third-order valence-electron chi connectivity index (χ3n) is 4.98. The number of hydrogen-bond donors (Lipinski definition) is 0. The summed E-state index contributed by atoms with van der Waals surface area (Å²) in [5.41, 5.74) is 0.738. The molecule has 7 heteroatoms. The number of nitrogens with zero attached hydrogens (tertiary/aromatic N) is 1. The number of methoxy groups -OCH3 is 1. The summed E-state index contributed by atoms with van der Waals surface area (Å²) >= 11 is 0. The van der Waals surface area contributed by atoms with Gasteiger partial charge in [-0.1, -0.05) is 42.5 Å². The summed E-state index contributed by atoms with van der Waals surface area (Å²) in [5.74, 6) is -2.38. The Morgan fingerprint density at radius 3 is 2.45 bits per heavy atom. The maximum absolute atomic E-state index is 14.0. The Kier molecular flexibility index (Phi) is 5.49. The van der Waals surface area contributed by atoms with Crippen molar-refractivity contribution in [3.05, 3.63) is 95.3 Å². The van der Waals surface area contributed by atoms with Gasteiger partial charge in [-0.15, -0.1) is 0 Å². The molecule has 3 aromatic rings. The van der Waals surface area contributed by atoms with E-state index in [1.165, 1.54) is 25.3 Å². The summed E-state index contributed by atoms with van der Waals surface area (Å²) in [6.45, 7) is -0.551. The van der Waals surface area contributed by atoms with Crippen LogP contribution in [0.25, 0.3) is 0 Å². The van der Waals surface area contributed by atoms with Crippen molar-refractivity contribution in [3.63, 3.8) is 0 Å². The van der Waals surface area contributed by atoms with Gasteiger partial charge in [0.15, 0.2) is 17.3 Å². The molecule has 156 valence electrons. The first-order valence-corrected chi connectivity index (χ1v) is 9.52. The van der Waals surface area contributed by atoms with Gasteiger partial charge in [-0.25, -0.2) is 4.39 Å². The first kappa shape index (κ1) is 20.3. The summed E-state index contributed by atoms with van der Waals surface area (Å²) in [5, 5.41) is 0. The van der Waals surface area contributed by atoms with Gasteiger partial charge in [0.2, 0.25) is 6.10 Å². The van der Waals surface area contributed by atoms with E-state index in [0.29, 0.717) is 5.56 Å². The van der Waals surface area contributed by atoms with E-state index in [2.05, 4.69) is 0 Å². The average molecular weight is 419 g/mol. The molecular weight excluding hydrogens is 401 g/mol. The minimum Gasteiger partial charge on any atom is -0.494 e. The predicted molar refractivity (Wildman–Crippen MR) is 110 cm³/mol. The molecule has 0 radical (unpaired) electrons. The van der Waals surface area contributed by atoms with Crippen molar-refractivity contribution in [2.45, 2.75) is 6.10 Å². The van der Waals surface area contributed by atoms with Crippen LogP contribution in [0.3, 0.4) is 0 Å². The quantitative estimate of drug-likeness (QED) is 0.464. The molecule has 31 heavy (non-hydrogen) atoms. The number of ether oxygens (including phenoxy) is 2. The van der Waals surface area contributed by atoms with E-state index in [1.54, 1.807) is 48.5 Å². The fourth-order valence-corrected chi connectivity index (χ4v) is 3.37. The van der Waals surface area contributed by atoms with E-state index in [9.17, 15) is 18.8 Å². The molecule has 1 heterocycles. The number of fused-ring (bicyclic) bond motifs is 1. The van der Waals surface area contributed by atoms with Gasteiger partial charge in [-0.2, -0.15) is 0 Å². The number of para-hydroxylation sites is 1. The molecule has 0 saturated heterocycles. The van der Waals surface area contributed by atoms with Crippen molar-refractivity contribution in [3.8, 4) is 11.5 Å². The van der Waals surface area contributed by atoms with Crippen LogP contribution in [-0.2, 0) is 4.79 Å². The highest BCUT2D eigenvalue weighted by molar-refractivity contribution is 6.12. The minimum absolute atomic E-state index is 0.00931. The second-order valence-electron chi connectivity index (χ2n) is 6.91. The van der Waals surface area contributed by atoms with Crippen LogP contribution in [0.4, 0.5) is 4.39 Å². The van der Waals surface area contributed by atoms with Crippen molar-refractivity contribution in [2.24, 2.45) is 0 Å².